The molecular formula is C19H16ClFN4O. The highest BCUT2D eigenvalue weighted by Crippen LogP contribution is 2.20. The summed E-state index contributed by atoms with van der Waals surface area (Å²) in [4.78, 5) is 20.5. The number of aryl methyl sites for hydroxylation is 1. The molecule has 0 saturated carbocycles. The molecule has 0 unspecified atom stereocenters. The van der Waals surface area contributed by atoms with Crippen molar-refractivity contribution in [2.45, 2.75) is 13.3 Å². The van der Waals surface area contributed by atoms with Crippen molar-refractivity contribution in [3.63, 3.8) is 0 Å². The van der Waals surface area contributed by atoms with Crippen molar-refractivity contribution in [2.24, 2.45) is 0 Å². The number of rotatable bonds is 5. The molecule has 0 radical (unpaired) electrons. The second kappa shape index (κ2) is 7.93. The zero-order chi connectivity index (χ0) is 18.5. The van der Waals surface area contributed by atoms with Crippen LogP contribution < -0.4 is 10.6 Å². The van der Waals surface area contributed by atoms with Gasteiger partial charge in [0.25, 0.3) is 5.91 Å². The lowest BCUT2D eigenvalue weighted by Crippen LogP contribution is -2.14. The van der Waals surface area contributed by atoms with Crippen LogP contribution in [0.5, 0.6) is 0 Å². The standard InChI is InChI=1S/C19H16ClFN4O/c1-2-12-3-5-13(6-4-12)24-18-11-22-17(10-23-18)19(26)25-14-7-8-16(21)15(20)9-14/h3-11H,2H2,1H3,(H,23,24)(H,25,26). The fraction of sp³-hybridized carbons (Fsp3) is 0.105. The molecule has 1 heterocycles. The van der Waals surface area contributed by atoms with Crippen molar-refractivity contribution < 1.29 is 9.18 Å². The van der Waals surface area contributed by atoms with Crippen LogP contribution in [0.1, 0.15) is 23.0 Å². The molecule has 0 fully saturated rings. The average molecular weight is 371 g/mol. The summed E-state index contributed by atoms with van der Waals surface area (Å²) in [5.41, 5.74) is 2.64. The Labute approximate surface area is 155 Å². The van der Waals surface area contributed by atoms with Crippen LogP contribution >= 0.6 is 11.6 Å². The van der Waals surface area contributed by atoms with E-state index in [2.05, 4.69) is 27.5 Å². The van der Waals surface area contributed by atoms with Crippen LogP contribution in [0.15, 0.2) is 54.9 Å². The van der Waals surface area contributed by atoms with Crippen LogP contribution in [0, 0.1) is 5.82 Å². The van der Waals surface area contributed by atoms with Crippen LogP contribution in [0.2, 0.25) is 5.02 Å². The molecule has 26 heavy (non-hydrogen) atoms. The van der Waals surface area contributed by atoms with Crippen molar-refractivity contribution in [1.82, 2.24) is 9.97 Å². The molecule has 0 aliphatic carbocycles. The van der Waals surface area contributed by atoms with Gasteiger partial charge in [0.05, 0.1) is 17.4 Å². The number of benzene rings is 2. The summed E-state index contributed by atoms with van der Waals surface area (Å²) >= 11 is 5.70. The number of amides is 1. The number of carbonyl (C=O) groups is 1. The SMILES string of the molecule is CCc1ccc(Nc2cnc(C(=O)Nc3ccc(F)c(Cl)c3)cn2)cc1. The monoisotopic (exact) mass is 370 g/mol. The summed E-state index contributed by atoms with van der Waals surface area (Å²) in [7, 11) is 0. The molecule has 0 aliphatic heterocycles. The highest BCUT2D eigenvalue weighted by atomic mass is 35.5. The van der Waals surface area contributed by atoms with Gasteiger partial charge in [0.1, 0.15) is 17.3 Å². The minimum Gasteiger partial charge on any atom is -0.339 e. The van der Waals surface area contributed by atoms with E-state index in [0.717, 1.165) is 12.1 Å². The fourth-order valence-corrected chi connectivity index (χ4v) is 2.43. The maximum Gasteiger partial charge on any atom is 0.275 e. The molecule has 132 valence electrons. The van der Waals surface area contributed by atoms with E-state index in [9.17, 15) is 9.18 Å². The highest BCUT2D eigenvalue weighted by molar-refractivity contribution is 6.31. The van der Waals surface area contributed by atoms with Crippen LogP contribution in [0.3, 0.4) is 0 Å². The van der Waals surface area contributed by atoms with Crippen LogP contribution in [0.4, 0.5) is 21.6 Å². The number of carbonyl (C=O) groups excluding carboxylic acids is 1. The molecule has 5 nitrogen and oxygen atoms in total. The predicted molar refractivity (Wildman–Crippen MR) is 100 cm³/mol. The van der Waals surface area contributed by atoms with Crippen LogP contribution in [-0.2, 0) is 6.42 Å². The summed E-state index contributed by atoms with van der Waals surface area (Å²) in [6.45, 7) is 2.09. The molecule has 1 amide bonds. The highest BCUT2D eigenvalue weighted by Gasteiger charge is 2.10. The summed E-state index contributed by atoms with van der Waals surface area (Å²) in [6.07, 6.45) is 3.81. The van der Waals surface area contributed by atoms with Gasteiger partial charge in [-0.15, -0.1) is 0 Å². The van der Waals surface area contributed by atoms with Crippen molar-refractivity contribution >= 4 is 34.7 Å². The maximum absolute atomic E-state index is 13.2. The van der Waals surface area contributed by atoms with Gasteiger partial charge in [0.2, 0.25) is 0 Å². The number of anilines is 3. The molecule has 0 aliphatic rings. The Morgan fingerprint density at radius 1 is 1.08 bits per heavy atom. The van der Waals surface area contributed by atoms with E-state index in [1.165, 1.54) is 36.2 Å². The number of hydrogen-bond donors (Lipinski definition) is 2. The predicted octanol–water partition coefficient (Wildman–Crippen LogP) is 4.83. The molecule has 3 aromatic rings. The molecule has 3 rings (SSSR count). The minimum atomic E-state index is -0.549. The van der Waals surface area contributed by atoms with Crippen molar-refractivity contribution in [1.29, 1.82) is 0 Å². The van der Waals surface area contributed by atoms with Crippen LogP contribution in [-0.4, -0.2) is 15.9 Å². The Kier molecular flexibility index (Phi) is 5.43. The largest absolute Gasteiger partial charge is 0.339 e. The Balaban J connectivity index is 1.66. The van der Waals surface area contributed by atoms with Gasteiger partial charge in [-0.3, -0.25) is 4.79 Å². The maximum atomic E-state index is 13.2. The fourth-order valence-electron chi connectivity index (χ4n) is 2.25. The van der Waals surface area contributed by atoms with Gasteiger partial charge in [-0.1, -0.05) is 30.7 Å². The third-order valence-corrected chi connectivity index (χ3v) is 3.99. The minimum absolute atomic E-state index is 0.0671. The first-order valence-corrected chi connectivity index (χ1v) is 8.37. The zero-order valence-electron chi connectivity index (χ0n) is 14.0. The Morgan fingerprint density at radius 2 is 1.81 bits per heavy atom. The first-order chi connectivity index (χ1) is 12.5. The van der Waals surface area contributed by atoms with Gasteiger partial charge < -0.3 is 10.6 Å². The number of nitrogens with zero attached hydrogens (tertiary/aromatic N) is 2. The van der Waals surface area contributed by atoms with E-state index in [1.807, 2.05) is 24.3 Å². The molecular weight excluding hydrogens is 355 g/mol. The number of nitrogens with one attached hydrogen (secondary N) is 2. The topological polar surface area (TPSA) is 66.9 Å². The van der Waals surface area contributed by atoms with Crippen molar-refractivity contribution in [3.8, 4) is 0 Å². The third kappa shape index (κ3) is 4.34. The first kappa shape index (κ1) is 17.8. The third-order valence-electron chi connectivity index (χ3n) is 3.70. The molecule has 1 aromatic heterocycles. The smallest absolute Gasteiger partial charge is 0.275 e. The van der Waals surface area contributed by atoms with Crippen LogP contribution in [0.25, 0.3) is 0 Å². The Morgan fingerprint density at radius 3 is 2.42 bits per heavy atom. The average Bonchev–Trinajstić information content (AvgIpc) is 2.66. The van der Waals surface area contributed by atoms with E-state index in [0.29, 0.717) is 11.5 Å². The molecule has 7 heteroatoms. The molecule has 0 atom stereocenters. The number of halogens is 2. The summed E-state index contributed by atoms with van der Waals surface area (Å²) in [5, 5.41) is 5.65. The van der Waals surface area contributed by atoms with E-state index in [-0.39, 0.29) is 10.7 Å². The lowest BCUT2D eigenvalue weighted by molar-refractivity contribution is 0.102. The Bertz CT molecular complexity index is 914. The number of aromatic nitrogens is 2. The molecule has 0 bridgehead atoms. The molecule has 0 spiro atoms. The van der Waals surface area contributed by atoms with Gasteiger partial charge in [0, 0.05) is 11.4 Å². The first-order valence-electron chi connectivity index (χ1n) is 7.99. The Hall–Kier alpha value is -2.99. The number of hydrogen-bond acceptors (Lipinski definition) is 4. The normalized spacial score (nSPS) is 10.4. The van der Waals surface area contributed by atoms with Gasteiger partial charge in [0.15, 0.2) is 0 Å². The van der Waals surface area contributed by atoms with E-state index >= 15 is 0 Å². The van der Waals surface area contributed by atoms with Gasteiger partial charge in [-0.05, 0) is 42.3 Å². The second-order valence-corrected chi connectivity index (χ2v) is 5.95. The zero-order valence-corrected chi connectivity index (χ0v) is 14.7. The van der Waals surface area contributed by atoms with Gasteiger partial charge in [-0.25, -0.2) is 14.4 Å². The second-order valence-electron chi connectivity index (χ2n) is 5.55. The van der Waals surface area contributed by atoms with E-state index < -0.39 is 11.7 Å². The summed E-state index contributed by atoms with van der Waals surface area (Å²) in [5.74, 6) is -0.485. The van der Waals surface area contributed by atoms with E-state index in [1.54, 1.807) is 0 Å². The molecule has 0 saturated heterocycles. The van der Waals surface area contributed by atoms with Gasteiger partial charge >= 0.3 is 0 Å². The quantitative estimate of drug-likeness (QED) is 0.675. The summed E-state index contributed by atoms with van der Waals surface area (Å²) < 4.78 is 13.2. The van der Waals surface area contributed by atoms with Gasteiger partial charge in [-0.2, -0.15) is 0 Å². The van der Waals surface area contributed by atoms with Crippen molar-refractivity contribution in [3.05, 3.63) is 77.0 Å². The van der Waals surface area contributed by atoms with Crippen molar-refractivity contribution in [2.75, 3.05) is 10.6 Å². The lowest BCUT2D eigenvalue weighted by Gasteiger charge is -2.08. The van der Waals surface area contributed by atoms with E-state index in [4.69, 9.17) is 11.6 Å². The summed E-state index contributed by atoms with van der Waals surface area (Å²) in [6, 6.07) is 11.9. The molecule has 2 N–H and O–H groups in total. The lowest BCUT2D eigenvalue weighted by atomic mass is 10.1. The molecule has 2 aromatic carbocycles.